The van der Waals surface area contributed by atoms with Gasteiger partial charge in [-0.1, -0.05) is 36.8 Å². The zero-order valence-electron chi connectivity index (χ0n) is 14.7. The lowest BCUT2D eigenvalue weighted by molar-refractivity contribution is -0.145. The molecule has 1 unspecified atom stereocenters. The van der Waals surface area contributed by atoms with Crippen LogP contribution in [0, 0.1) is 5.92 Å². The van der Waals surface area contributed by atoms with Crippen molar-refractivity contribution in [2.75, 3.05) is 6.54 Å². The molecule has 2 aliphatic rings. The summed E-state index contributed by atoms with van der Waals surface area (Å²) in [6.45, 7) is 0.392. The van der Waals surface area contributed by atoms with Crippen LogP contribution in [0.15, 0.2) is 54.3 Å². The van der Waals surface area contributed by atoms with Crippen molar-refractivity contribution in [1.29, 1.82) is 0 Å². The van der Waals surface area contributed by atoms with Crippen LogP contribution >= 0.6 is 0 Å². The van der Waals surface area contributed by atoms with Gasteiger partial charge in [0, 0.05) is 25.1 Å². The van der Waals surface area contributed by atoms with Crippen molar-refractivity contribution >= 4 is 17.8 Å². The second-order valence-corrected chi connectivity index (χ2v) is 6.67. The smallest absolute Gasteiger partial charge is 0.314 e. The van der Waals surface area contributed by atoms with E-state index in [0.717, 1.165) is 30.6 Å². The van der Waals surface area contributed by atoms with Crippen molar-refractivity contribution in [2.24, 2.45) is 5.92 Å². The normalized spacial score (nSPS) is 17.1. The quantitative estimate of drug-likeness (QED) is 0.389. The number of hydrogen-bond acceptors (Lipinski definition) is 4. The lowest BCUT2D eigenvalue weighted by Crippen LogP contribution is -2.31. The van der Waals surface area contributed by atoms with E-state index >= 15 is 0 Å². The highest BCUT2D eigenvalue weighted by Crippen LogP contribution is 2.24. The average molecular weight is 353 g/mol. The van der Waals surface area contributed by atoms with E-state index in [4.69, 9.17) is 4.74 Å². The Morgan fingerprint density at radius 3 is 2.38 bits per heavy atom. The molecule has 26 heavy (non-hydrogen) atoms. The van der Waals surface area contributed by atoms with E-state index in [2.05, 4.69) is 0 Å². The molecule has 5 nitrogen and oxygen atoms in total. The first-order chi connectivity index (χ1) is 12.6. The minimum Gasteiger partial charge on any atom is -0.431 e. The molecule has 0 saturated heterocycles. The SMILES string of the molecule is O=C(OC1=CCC1)C(CCCCN1C(=O)C=CC1=O)Cc1ccccc1. The summed E-state index contributed by atoms with van der Waals surface area (Å²) >= 11 is 0. The summed E-state index contributed by atoms with van der Waals surface area (Å²) in [4.78, 5) is 36.9. The van der Waals surface area contributed by atoms with Crippen LogP contribution in [0.1, 0.15) is 37.7 Å². The summed E-state index contributed by atoms with van der Waals surface area (Å²) in [5.41, 5.74) is 1.10. The number of allylic oxidation sites excluding steroid dienone is 2. The van der Waals surface area contributed by atoms with Gasteiger partial charge in [-0.2, -0.15) is 0 Å². The fraction of sp³-hybridized carbons (Fsp3) is 0.381. The second kappa shape index (κ2) is 8.61. The molecule has 136 valence electrons. The Bertz CT molecular complexity index is 718. The van der Waals surface area contributed by atoms with Crippen LogP contribution in [0.25, 0.3) is 0 Å². The molecule has 1 aliphatic heterocycles. The number of ether oxygens (including phenoxy) is 1. The van der Waals surface area contributed by atoms with E-state index in [1.807, 2.05) is 36.4 Å². The molecule has 0 aromatic heterocycles. The number of hydrogen-bond donors (Lipinski definition) is 0. The van der Waals surface area contributed by atoms with E-state index in [0.29, 0.717) is 25.8 Å². The largest absolute Gasteiger partial charge is 0.431 e. The fourth-order valence-corrected chi connectivity index (χ4v) is 3.08. The highest BCUT2D eigenvalue weighted by atomic mass is 16.5. The summed E-state index contributed by atoms with van der Waals surface area (Å²) in [5.74, 6) is -0.150. The van der Waals surface area contributed by atoms with Crippen LogP contribution in [-0.2, 0) is 25.5 Å². The third-order valence-electron chi connectivity index (χ3n) is 4.74. The van der Waals surface area contributed by atoms with Crippen molar-refractivity contribution in [2.45, 2.75) is 38.5 Å². The minimum absolute atomic E-state index is 0.185. The monoisotopic (exact) mass is 353 g/mol. The van der Waals surface area contributed by atoms with Crippen LogP contribution in [0.3, 0.4) is 0 Å². The first kappa shape index (κ1) is 18.1. The van der Waals surface area contributed by atoms with Gasteiger partial charge in [0.25, 0.3) is 11.8 Å². The molecule has 0 spiro atoms. The number of rotatable bonds is 9. The summed E-state index contributed by atoms with van der Waals surface area (Å²) < 4.78 is 5.48. The van der Waals surface area contributed by atoms with Crippen LogP contribution < -0.4 is 0 Å². The van der Waals surface area contributed by atoms with Crippen molar-refractivity contribution in [3.05, 3.63) is 59.9 Å². The zero-order valence-corrected chi connectivity index (χ0v) is 14.7. The number of unbranched alkanes of at least 4 members (excludes halogenated alkanes) is 1. The zero-order chi connectivity index (χ0) is 18.4. The molecule has 0 bridgehead atoms. The third kappa shape index (κ3) is 4.69. The molecule has 3 rings (SSSR count). The molecule has 0 saturated carbocycles. The molecule has 1 aliphatic carbocycles. The second-order valence-electron chi connectivity index (χ2n) is 6.67. The summed E-state index contributed by atoms with van der Waals surface area (Å²) in [6, 6.07) is 9.90. The van der Waals surface area contributed by atoms with E-state index in [1.165, 1.54) is 17.1 Å². The molecule has 0 radical (unpaired) electrons. The Labute approximate surface area is 153 Å². The average Bonchev–Trinajstić information content (AvgIpc) is 2.93. The van der Waals surface area contributed by atoms with Gasteiger partial charge in [0.15, 0.2) is 0 Å². The predicted molar refractivity (Wildman–Crippen MR) is 96.8 cm³/mol. The minimum atomic E-state index is -0.257. The lowest BCUT2D eigenvalue weighted by atomic mass is 9.94. The molecule has 1 aromatic rings. The topological polar surface area (TPSA) is 63.7 Å². The molecule has 1 atom stereocenters. The van der Waals surface area contributed by atoms with Crippen molar-refractivity contribution in [1.82, 2.24) is 4.90 Å². The lowest BCUT2D eigenvalue weighted by Gasteiger charge is -2.20. The number of carbonyl (C=O) groups is 3. The number of amides is 2. The molecular weight excluding hydrogens is 330 g/mol. The summed E-state index contributed by atoms with van der Waals surface area (Å²) in [6.07, 6.45) is 9.07. The number of imide groups is 1. The Kier molecular flexibility index (Phi) is 6.00. The molecular formula is C21H23NO4. The van der Waals surface area contributed by atoms with Gasteiger partial charge in [-0.05, 0) is 37.3 Å². The summed E-state index contributed by atoms with van der Waals surface area (Å²) in [5, 5.41) is 0. The maximum absolute atomic E-state index is 12.5. The Morgan fingerprint density at radius 1 is 1.08 bits per heavy atom. The van der Waals surface area contributed by atoms with Gasteiger partial charge in [0.05, 0.1) is 5.92 Å². The van der Waals surface area contributed by atoms with Crippen LogP contribution in [0.2, 0.25) is 0 Å². The third-order valence-corrected chi connectivity index (χ3v) is 4.74. The highest BCUT2D eigenvalue weighted by Gasteiger charge is 2.25. The fourth-order valence-electron chi connectivity index (χ4n) is 3.08. The van der Waals surface area contributed by atoms with E-state index < -0.39 is 0 Å². The van der Waals surface area contributed by atoms with Gasteiger partial charge in [-0.25, -0.2) is 0 Å². The van der Waals surface area contributed by atoms with E-state index in [9.17, 15) is 14.4 Å². The Morgan fingerprint density at radius 2 is 1.77 bits per heavy atom. The van der Waals surface area contributed by atoms with Gasteiger partial charge < -0.3 is 4.74 Å². The molecule has 1 aromatic carbocycles. The van der Waals surface area contributed by atoms with Crippen LogP contribution in [0.5, 0.6) is 0 Å². The molecule has 1 heterocycles. The van der Waals surface area contributed by atoms with Crippen molar-refractivity contribution in [3.8, 4) is 0 Å². The van der Waals surface area contributed by atoms with Crippen molar-refractivity contribution < 1.29 is 19.1 Å². The number of carbonyl (C=O) groups excluding carboxylic acids is 3. The van der Waals surface area contributed by atoms with Gasteiger partial charge >= 0.3 is 5.97 Å². The van der Waals surface area contributed by atoms with Crippen LogP contribution in [0.4, 0.5) is 0 Å². The van der Waals surface area contributed by atoms with Crippen LogP contribution in [-0.4, -0.2) is 29.2 Å². The maximum Gasteiger partial charge on any atom is 0.314 e. The predicted octanol–water partition coefficient (Wildman–Crippen LogP) is 3.16. The highest BCUT2D eigenvalue weighted by molar-refractivity contribution is 6.12. The van der Waals surface area contributed by atoms with Gasteiger partial charge in [0.1, 0.15) is 5.76 Å². The molecule has 0 fully saturated rings. The summed E-state index contributed by atoms with van der Waals surface area (Å²) in [7, 11) is 0. The van der Waals surface area contributed by atoms with Gasteiger partial charge in [-0.15, -0.1) is 0 Å². The maximum atomic E-state index is 12.5. The standard InChI is InChI=1S/C21H23NO4/c23-19-12-13-20(24)22(19)14-5-4-9-17(15-16-7-2-1-3-8-16)21(25)26-18-10-6-11-18/h1-3,7-8,10,12-13,17H,4-6,9,11,14-15H2. The molecule has 5 heteroatoms. The molecule has 0 N–H and O–H groups in total. The van der Waals surface area contributed by atoms with Gasteiger partial charge in [0.2, 0.25) is 0 Å². The Balaban J connectivity index is 1.52. The van der Waals surface area contributed by atoms with Gasteiger partial charge in [-0.3, -0.25) is 19.3 Å². The number of benzene rings is 1. The van der Waals surface area contributed by atoms with E-state index in [1.54, 1.807) is 0 Å². The number of esters is 1. The Hall–Kier alpha value is -2.69. The number of nitrogens with zero attached hydrogens (tertiary/aromatic N) is 1. The first-order valence-electron chi connectivity index (χ1n) is 9.11. The van der Waals surface area contributed by atoms with Crippen molar-refractivity contribution in [3.63, 3.8) is 0 Å². The van der Waals surface area contributed by atoms with E-state index in [-0.39, 0.29) is 23.7 Å². The molecule has 2 amide bonds. The first-order valence-corrected chi connectivity index (χ1v) is 9.11.